The maximum atomic E-state index is 13.5. The lowest BCUT2D eigenvalue weighted by Crippen LogP contribution is -2.65. The van der Waals surface area contributed by atoms with Gasteiger partial charge in [0.25, 0.3) is 0 Å². The molecule has 1 fully saturated rings. The standard InChI is InChI=1S/C36H36Br2O4/c1-35(2,3)31-19-21(17-29(41-31)23-7-11-25(37)12-8-23)15-27-33(39)28(34(27)40)16-22-18-30(24-9-13-26(38)14-10-24)42-32(20-22)36(4,5)6/h7-20,27-28,33-34H,1-6H3/q-2/b21-15+,22-16+. The minimum atomic E-state index is -1.04. The Bertz CT molecular complexity index is 1400. The maximum absolute atomic E-state index is 13.5. The average molecular weight is 692 g/mol. The first-order valence-electron chi connectivity index (χ1n) is 14.2. The van der Waals surface area contributed by atoms with E-state index in [2.05, 4.69) is 73.4 Å². The summed E-state index contributed by atoms with van der Waals surface area (Å²) in [6.45, 7) is 12.5. The van der Waals surface area contributed by atoms with E-state index in [1.54, 1.807) is 0 Å². The fraction of sp³-hybridized carbons (Fsp3) is 0.333. The number of benzene rings is 2. The summed E-state index contributed by atoms with van der Waals surface area (Å²) in [4.78, 5) is 0. The van der Waals surface area contributed by atoms with E-state index in [-0.39, 0.29) is 10.8 Å². The van der Waals surface area contributed by atoms with Gasteiger partial charge in [-0.05, 0) is 71.6 Å². The van der Waals surface area contributed by atoms with Crippen molar-refractivity contribution < 1.29 is 19.7 Å². The smallest absolute Gasteiger partial charge is 0.134 e. The highest BCUT2D eigenvalue weighted by molar-refractivity contribution is 9.10. The molecule has 2 heterocycles. The van der Waals surface area contributed by atoms with Crippen molar-refractivity contribution in [2.75, 3.05) is 0 Å². The minimum absolute atomic E-state index is 0.243. The van der Waals surface area contributed by atoms with E-state index < -0.39 is 24.0 Å². The molecule has 0 atom stereocenters. The Labute approximate surface area is 266 Å². The van der Waals surface area contributed by atoms with E-state index >= 15 is 0 Å². The van der Waals surface area contributed by atoms with Crippen molar-refractivity contribution in [2.45, 2.75) is 53.8 Å². The maximum Gasteiger partial charge on any atom is 0.134 e. The number of hydrogen-bond donors (Lipinski definition) is 0. The van der Waals surface area contributed by atoms with E-state index in [1.807, 2.05) is 85.0 Å². The number of hydrogen-bond acceptors (Lipinski definition) is 4. The second-order valence-electron chi connectivity index (χ2n) is 13.2. The Morgan fingerprint density at radius 3 is 1.21 bits per heavy atom. The van der Waals surface area contributed by atoms with Crippen LogP contribution in [0.3, 0.4) is 0 Å². The molecule has 6 heteroatoms. The summed E-state index contributed by atoms with van der Waals surface area (Å²) in [5, 5.41) is 27.0. The number of rotatable bonds is 4. The monoisotopic (exact) mass is 690 g/mol. The van der Waals surface area contributed by atoms with Crippen molar-refractivity contribution in [3.63, 3.8) is 0 Å². The van der Waals surface area contributed by atoms with Crippen LogP contribution >= 0.6 is 31.9 Å². The molecule has 4 nitrogen and oxygen atoms in total. The van der Waals surface area contributed by atoms with Crippen LogP contribution in [0.5, 0.6) is 0 Å². The molecule has 0 radical (unpaired) electrons. The summed E-state index contributed by atoms with van der Waals surface area (Å²) in [6, 6.07) is 15.8. The van der Waals surface area contributed by atoms with Gasteiger partial charge >= 0.3 is 0 Å². The summed E-state index contributed by atoms with van der Waals surface area (Å²) in [6.07, 6.45) is 9.38. The molecular weight excluding hydrogens is 656 g/mol. The summed E-state index contributed by atoms with van der Waals surface area (Å²) in [5.41, 5.74) is 3.05. The van der Waals surface area contributed by atoms with Crippen LogP contribution in [0.1, 0.15) is 52.7 Å². The summed E-state index contributed by atoms with van der Waals surface area (Å²) in [5.74, 6) is 1.75. The van der Waals surface area contributed by atoms with Gasteiger partial charge in [0.05, 0.1) is 0 Å². The van der Waals surface area contributed by atoms with Gasteiger partial charge in [-0.15, -0.1) is 12.2 Å². The molecule has 2 aromatic carbocycles. The van der Waals surface area contributed by atoms with Crippen LogP contribution < -0.4 is 10.2 Å². The molecule has 2 aliphatic heterocycles. The molecule has 220 valence electrons. The van der Waals surface area contributed by atoms with Crippen molar-refractivity contribution in [2.24, 2.45) is 22.7 Å². The lowest BCUT2D eigenvalue weighted by atomic mass is 9.67. The summed E-state index contributed by atoms with van der Waals surface area (Å²) in [7, 11) is 0. The molecule has 0 saturated heterocycles. The zero-order chi connectivity index (χ0) is 30.4. The Morgan fingerprint density at radius 1 is 0.571 bits per heavy atom. The predicted octanol–water partition coefficient (Wildman–Crippen LogP) is 8.07. The molecule has 5 rings (SSSR count). The lowest BCUT2D eigenvalue weighted by Gasteiger charge is -2.59. The molecule has 0 bridgehead atoms. The van der Waals surface area contributed by atoms with Crippen LogP contribution in [0.2, 0.25) is 0 Å². The van der Waals surface area contributed by atoms with Gasteiger partial charge in [-0.25, -0.2) is 0 Å². The van der Waals surface area contributed by atoms with Crippen LogP contribution in [0.4, 0.5) is 0 Å². The average Bonchev–Trinajstić information content (AvgIpc) is 2.94. The molecule has 3 aliphatic rings. The number of allylic oxidation sites excluding steroid dienone is 8. The highest BCUT2D eigenvalue weighted by Crippen LogP contribution is 2.42. The molecule has 0 spiro atoms. The topological polar surface area (TPSA) is 64.6 Å². The minimum Gasteiger partial charge on any atom is -0.851 e. The molecular formula is C36H36Br2O4-2. The van der Waals surface area contributed by atoms with Gasteiger partial charge in [-0.3, -0.25) is 0 Å². The fourth-order valence-corrected chi connectivity index (χ4v) is 5.58. The molecule has 2 aromatic rings. The van der Waals surface area contributed by atoms with Crippen molar-refractivity contribution in [3.8, 4) is 0 Å². The van der Waals surface area contributed by atoms with Crippen molar-refractivity contribution in [1.82, 2.24) is 0 Å². The molecule has 0 amide bonds. The van der Waals surface area contributed by atoms with Crippen LogP contribution in [0.25, 0.3) is 11.5 Å². The van der Waals surface area contributed by atoms with Gasteiger partial charge in [0.2, 0.25) is 0 Å². The third kappa shape index (κ3) is 6.78. The lowest BCUT2D eigenvalue weighted by molar-refractivity contribution is -0.550. The Hall–Kier alpha value is -2.64. The quantitative estimate of drug-likeness (QED) is 0.325. The predicted molar refractivity (Wildman–Crippen MR) is 172 cm³/mol. The Morgan fingerprint density at radius 2 is 0.905 bits per heavy atom. The van der Waals surface area contributed by atoms with E-state index in [0.29, 0.717) is 11.5 Å². The van der Waals surface area contributed by atoms with Gasteiger partial charge in [-0.1, -0.05) is 110 Å². The van der Waals surface area contributed by atoms with Crippen LogP contribution in [0.15, 0.2) is 117 Å². The molecule has 0 N–H and O–H groups in total. The van der Waals surface area contributed by atoms with Crippen LogP contribution in [-0.2, 0) is 9.47 Å². The van der Waals surface area contributed by atoms with Gasteiger partial charge in [0.15, 0.2) is 0 Å². The molecule has 1 saturated carbocycles. The zero-order valence-corrected chi connectivity index (χ0v) is 28.0. The second-order valence-corrected chi connectivity index (χ2v) is 15.0. The summed E-state index contributed by atoms with van der Waals surface area (Å²) >= 11 is 6.97. The van der Waals surface area contributed by atoms with Gasteiger partial charge < -0.3 is 19.7 Å². The SMILES string of the molecule is CC(C)(C)C1=C/C(=C/C2C([O-])C(/C=C3\C=C(c4ccc(Br)cc4)OC(C(C)(C)C)=C3)C2[O-])C=C(c2ccc(Br)cc2)O1. The van der Waals surface area contributed by atoms with Crippen LogP contribution in [-0.4, -0.2) is 12.2 Å². The van der Waals surface area contributed by atoms with Crippen molar-refractivity contribution in [1.29, 1.82) is 0 Å². The zero-order valence-electron chi connectivity index (χ0n) is 24.8. The van der Waals surface area contributed by atoms with E-state index in [9.17, 15) is 10.2 Å². The van der Waals surface area contributed by atoms with E-state index in [1.165, 1.54) is 0 Å². The first kappa shape index (κ1) is 30.8. The van der Waals surface area contributed by atoms with Gasteiger partial charge in [0.1, 0.15) is 23.0 Å². The number of halogens is 2. The molecule has 0 unspecified atom stereocenters. The molecule has 0 aromatic heterocycles. The first-order valence-corrected chi connectivity index (χ1v) is 15.8. The molecule has 1 aliphatic carbocycles. The van der Waals surface area contributed by atoms with Crippen molar-refractivity contribution in [3.05, 3.63) is 128 Å². The highest BCUT2D eigenvalue weighted by Gasteiger charge is 2.35. The highest BCUT2D eigenvalue weighted by atomic mass is 79.9. The van der Waals surface area contributed by atoms with Crippen molar-refractivity contribution >= 4 is 43.4 Å². The van der Waals surface area contributed by atoms with Gasteiger partial charge in [0, 0.05) is 30.9 Å². The van der Waals surface area contributed by atoms with Gasteiger partial charge in [-0.2, -0.15) is 0 Å². The fourth-order valence-electron chi connectivity index (χ4n) is 5.05. The molecule has 42 heavy (non-hydrogen) atoms. The van der Waals surface area contributed by atoms with E-state index in [4.69, 9.17) is 9.47 Å². The second kappa shape index (κ2) is 11.8. The third-order valence-electron chi connectivity index (χ3n) is 7.65. The largest absolute Gasteiger partial charge is 0.851 e. The van der Waals surface area contributed by atoms with E-state index in [0.717, 1.165) is 42.7 Å². The normalized spacial score (nSPS) is 26.4. The third-order valence-corrected chi connectivity index (χ3v) is 8.71. The van der Waals surface area contributed by atoms with Crippen LogP contribution in [0, 0.1) is 22.7 Å². The number of ether oxygens (including phenoxy) is 2. The Kier molecular flexibility index (Phi) is 8.66. The first-order chi connectivity index (χ1) is 19.7. The Balaban J connectivity index is 1.44. The summed E-state index contributed by atoms with van der Waals surface area (Å²) < 4.78 is 14.5.